The molecule has 1 saturated heterocycles. The summed E-state index contributed by atoms with van der Waals surface area (Å²) >= 11 is 1.87. The molecule has 0 unspecified atom stereocenters. The molecule has 0 saturated carbocycles. The molecule has 31 heavy (non-hydrogen) atoms. The minimum absolute atomic E-state index is 0.0837. The van der Waals surface area contributed by atoms with Gasteiger partial charge in [-0.3, -0.25) is 4.98 Å². The van der Waals surface area contributed by atoms with Gasteiger partial charge in [0.15, 0.2) is 0 Å². The monoisotopic (exact) mass is 445 g/mol. The van der Waals surface area contributed by atoms with Gasteiger partial charge in [-0.25, -0.2) is 8.78 Å². The van der Waals surface area contributed by atoms with Crippen molar-refractivity contribution < 1.29 is 8.78 Å². The van der Waals surface area contributed by atoms with Gasteiger partial charge in [-0.05, 0) is 62.1 Å². The summed E-state index contributed by atoms with van der Waals surface area (Å²) in [6.07, 6.45) is 1.52. The zero-order valence-electron chi connectivity index (χ0n) is 18.0. The smallest absolute Gasteiger partial charge is 0.278 e. The molecule has 1 aromatic heterocycles. The summed E-state index contributed by atoms with van der Waals surface area (Å²) in [7, 11) is 0. The van der Waals surface area contributed by atoms with Gasteiger partial charge in [0.1, 0.15) is 5.71 Å². The molecule has 1 fully saturated rings. The van der Waals surface area contributed by atoms with E-state index in [1.54, 1.807) is 6.20 Å². The van der Waals surface area contributed by atoms with E-state index in [0.29, 0.717) is 17.5 Å². The highest BCUT2D eigenvalue weighted by Crippen LogP contribution is 2.31. The summed E-state index contributed by atoms with van der Waals surface area (Å²) in [5, 5.41) is 11.5. The topological polar surface area (TPSA) is 52.9 Å². The second kappa shape index (κ2) is 11.9. The van der Waals surface area contributed by atoms with Gasteiger partial charge in [0.25, 0.3) is 6.43 Å². The van der Waals surface area contributed by atoms with Crippen molar-refractivity contribution in [1.29, 1.82) is 0 Å². The van der Waals surface area contributed by atoms with Crippen LogP contribution in [0.4, 0.5) is 14.5 Å². The maximum atomic E-state index is 12.8. The first kappa shape index (κ1) is 23.3. The molecular weight excluding hydrogens is 416 g/mol. The average molecular weight is 446 g/mol. The highest BCUT2D eigenvalue weighted by Gasteiger charge is 2.22. The van der Waals surface area contributed by atoms with E-state index in [1.165, 1.54) is 0 Å². The third-order valence-electron chi connectivity index (χ3n) is 4.97. The predicted molar refractivity (Wildman–Crippen MR) is 126 cm³/mol. The predicted octanol–water partition coefficient (Wildman–Crippen LogP) is 5.33. The fourth-order valence-electron chi connectivity index (χ4n) is 3.35. The number of nitrogens with one attached hydrogen (secondary N) is 1. The Bertz CT molecular complexity index is 865. The first-order chi connectivity index (χ1) is 15.2. The number of hydrogen-bond acceptors (Lipinski definition) is 6. The zero-order valence-corrected chi connectivity index (χ0v) is 18.8. The fourth-order valence-corrected chi connectivity index (χ4v) is 4.60. The van der Waals surface area contributed by atoms with Gasteiger partial charge in [0.05, 0.1) is 18.0 Å². The third kappa shape index (κ3) is 6.58. The van der Waals surface area contributed by atoms with E-state index in [4.69, 9.17) is 0 Å². The number of rotatable bonds is 7. The number of pyridine rings is 1. The highest BCUT2D eigenvalue weighted by atomic mass is 32.2. The molecule has 0 atom stereocenters. The number of halogens is 2. The van der Waals surface area contributed by atoms with Crippen LogP contribution in [0.1, 0.15) is 44.4 Å². The van der Waals surface area contributed by atoms with Crippen molar-refractivity contribution in [2.45, 2.75) is 51.3 Å². The molecule has 2 aromatic rings. The summed E-state index contributed by atoms with van der Waals surface area (Å²) in [5.41, 5.74) is 3.18. The fraction of sp³-hybridized carbons (Fsp3) is 0.435. The second-order valence-corrected chi connectivity index (χ2v) is 8.40. The lowest BCUT2D eigenvalue weighted by molar-refractivity contribution is 0.224. The largest absolute Gasteiger partial charge is 0.317 e. The number of hydrogen-bond donors (Lipinski definition) is 1. The molecule has 0 spiro atoms. The number of aromatic nitrogens is 1. The first-order valence-corrected chi connectivity index (χ1v) is 11.6. The van der Waals surface area contributed by atoms with E-state index >= 15 is 0 Å². The third-order valence-corrected chi connectivity index (χ3v) is 6.33. The van der Waals surface area contributed by atoms with Crippen LogP contribution in [0.15, 0.2) is 58.9 Å². The maximum absolute atomic E-state index is 12.8. The van der Waals surface area contributed by atoms with Crippen molar-refractivity contribution >= 4 is 29.1 Å². The van der Waals surface area contributed by atoms with E-state index in [1.807, 2.05) is 56.1 Å². The van der Waals surface area contributed by atoms with Gasteiger partial charge in [0, 0.05) is 29.1 Å². The van der Waals surface area contributed by atoms with Crippen LogP contribution in [0.2, 0.25) is 0 Å². The van der Waals surface area contributed by atoms with Crippen LogP contribution in [0.5, 0.6) is 0 Å². The van der Waals surface area contributed by atoms with Gasteiger partial charge in [-0.2, -0.15) is 10.2 Å². The number of anilines is 1. The van der Waals surface area contributed by atoms with E-state index in [0.717, 1.165) is 42.9 Å². The van der Waals surface area contributed by atoms with Crippen LogP contribution in [0.25, 0.3) is 0 Å². The van der Waals surface area contributed by atoms with Gasteiger partial charge in [-0.1, -0.05) is 32.0 Å². The van der Waals surface area contributed by atoms with Gasteiger partial charge in [-0.15, -0.1) is 0 Å². The van der Waals surface area contributed by atoms with Gasteiger partial charge in [0.2, 0.25) is 0 Å². The molecule has 4 rings (SSSR count). The molecule has 0 radical (unpaired) electrons. The Morgan fingerprint density at radius 1 is 1.06 bits per heavy atom. The van der Waals surface area contributed by atoms with Crippen LogP contribution < -0.4 is 9.62 Å². The van der Waals surface area contributed by atoms with Gasteiger partial charge < -0.3 is 9.62 Å². The van der Waals surface area contributed by atoms with Crippen LogP contribution in [0, 0.1) is 0 Å². The average Bonchev–Trinajstić information content (AvgIpc) is 3.33. The van der Waals surface area contributed by atoms with Gasteiger partial charge >= 0.3 is 0 Å². The quantitative estimate of drug-likeness (QED) is 0.586. The first-order valence-electron chi connectivity index (χ1n) is 10.8. The number of alkyl halides is 2. The summed E-state index contributed by atoms with van der Waals surface area (Å²) in [4.78, 5) is 4.56. The minimum Gasteiger partial charge on any atom is -0.317 e. The molecule has 0 bridgehead atoms. The highest BCUT2D eigenvalue weighted by molar-refractivity contribution is 8.01. The summed E-state index contributed by atoms with van der Waals surface area (Å²) in [6.45, 7) is 6.78. The van der Waals surface area contributed by atoms with Crippen molar-refractivity contribution in [3.8, 4) is 0 Å². The summed E-state index contributed by atoms with van der Waals surface area (Å²) in [6, 6.07) is 14.2. The van der Waals surface area contributed by atoms with Crippen molar-refractivity contribution in [3.63, 3.8) is 0 Å². The Labute approximate surface area is 187 Å². The number of para-hydroxylation sites is 1. The number of piperidine rings is 1. The Balaban J connectivity index is 0.00000132. The Kier molecular flexibility index (Phi) is 8.97. The summed E-state index contributed by atoms with van der Waals surface area (Å²) < 4.78 is 27.8. The van der Waals surface area contributed by atoms with E-state index < -0.39 is 6.43 Å². The Hall–Kier alpha value is -2.32. The van der Waals surface area contributed by atoms with Crippen molar-refractivity contribution in [3.05, 3.63) is 59.9 Å². The van der Waals surface area contributed by atoms with E-state index in [9.17, 15) is 8.78 Å². The molecular formula is C23H29F2N5S. The second-order valence-electron chi connectivity index (χ2n) is 7.08. The van der Waals surface area contributed by atoms with E-state index in [2.05, 4.69) is 36.9 Å². The van der Waals surface area contributed by atoms with E-state index in [-0.39, 0.29) is 12.1 Å². The molecule has 0 aliphatic carbocycles. The molecule has 166 valence electrons. The van der Waals surface area contributed by atoms with Crippen molar-refractivity contribution in [2.24, 2.45) is 10.2 Å². The molecule has 0 amide bonds. The lowest BCUT2D eigenvalue weighted by Gasteiger charge is -2.30. The molecule has 3 heterocycles. The Morgan fingerprint density at radius 2 is 1.81 bits per heavy atom. The Morgan fingerprint density at radius 3 is 2.42 bits per heavy atom. The SMILES string of the molecule is CC.FC(F)C1=NN=C(c2ccc(CN(SC3CCNCC3)c3ccccc3)nc2)C1. The van der Waals surface area contributed by atoms with Crippen molar-refractivity contribution in [2.75, 3.05) is 17.4 Å². The molecule has 2 aliphatic heterocycles. The molecule has 2 aliphatic rings. The van der Waals surface area contributed by atoms with Crippen LogP contribution >= 0.6 is 11.9 Å². The van der Waals surface area contributed by atoms with Crippen molar-refractivity contribution in [1.82, 2.24) is 10.3 Å². The lowest BCUT2D eigenvalue weighted by atomic mass is 10.1. The number of nitrogens with zero attached hydrogens (tertiary/aromatic N) is 4. The lowest BCUT2D eigenvalue weighted by Crippen LogP contribution is -2.31. The minimum atomic E-state index is -2.56. The summed E-state index contributed by atoms with van der Waals surface area (Å²) in [5.74, 6) is 0. The molecule has 5 nitrogen and oxygen atoms in total. The molecule has 1 N–H and O–H groups in total. The number of benzene rings is 1. The van der Waals surface area contributed by atoms with Crippen LogP contribution in [-0.2, 0) is 6.54 Å². The van der Waals surface area contributed by atoms with Crippen LogP contribution in [-0.4, -0.2) is 41.2 Å². The maximum Gasteiger partial charge on any atom is 0.278 e. The zero-order chi connectivity index (χ0) is 22.1. The standard InChI is InChI=1S/C21H23F2N5S.C2H6/c22-21(23)20-12-19(26-27-20)15-6-7-16(25-13-15)14-28(17-4-2-1-3-5-17)29-18-8-10-24-11-9-18;1-2/h1-7,13,18,21,24H,8-12,14H2;1-2H3. The normalized spacial score (nSPS) is 16.4. The van der Waals surface area contributed by atoms with Crippen LogP contribution in [0.3, 0.4) is 0 Å². The molecule has 8 heteroatoms. The molecule has 1 aromatic carbocycles.